The van der Waals surface area contributed by atoms with E-state index in [2.05, 4.69) is 11.0 Å². The molecule has 2 saturated carbocycles. The lowest BCUT2D eigenvalue weighted by Crippen LogP contribution is -2.69. The van der Waals surface area contributed by atoms with Crippen molar-refractivity contribution in [3.05, 3.63) is 64.7 Å². The number of phenols is 1. The molecule has 0 radical (unpaired) electrons. The van der Waals surface area contributed by atoms with E-state index in [1.807, 2.05) is 0 Å². The normalized spacial score (nSPS) is 31.2. The number of halogens is 3. The fourth-order valence-electron chi connectivity index (χ4n) is 8.12. The first-order valence-corrected chi connectivity index (χ1v) is 14.0. The van der Waals surface area contributed by atoms with Gasteiger partial charge in [0.15, 0.2) is 11.5 Å². The summed E-state index contributed by atoms with van der Waals surface area (Å²) in [6.45, 7) is 2.15. The van der Waals surface area contributed by atoms with Crippen molar-refractivity contribution < 1.29 is 27.8 Å². The first-order valence-electron chi connectivity index (χ1n) is 14.0. The zero-order valence-corrected chi connectivity index (χ0v) is 22.0. The number of alkyl halides is 3. The zero-order valence-electron chi connectivity index (χ0n) is 22.0. The van der Waals surface area contributed by atoms with Crippen LogP contribution in [0.4, 0.5) is 13.2 Å². The molecule has 1 amide bonds. The van der Waals surface area contributed by atoms with Gasteiger partial charge in [-0.2, -0.15) is 13.2 Å². The molecule has 0 aromatic heterocycles. The predicted molar refractivity (Wildman–Crippen MR) is 140 cm³/mol. The Morgan fingerprint density at radius 1 is 1.21 bits per heavy atom. The van der Waals surface area contributed by atoms with E-state index in [0.717, 1.165) is 62.4 Å². The van der Waals surface area contributed by atoms with Crippen LogP contribution in [-0.2, 0) is 22.8 Å². The number of aromatic hydroxyl groups is 1. The van der Waals surface area contributed by atoms with Crippen LogP contribution in [0.3, 0.4) is 0 Å². The summed E-state index contributed by atoms with van der Waals surface area (Å²) in [7, 11) is 1.76. The maximum absolute atomic E-state index is 13.3. The summed E-state index contributed by atoms with van der Waals surface area (Å²) in [4.78, 5) is 17.7. The molecule has 5 atom stereocenters. The topological polar surface area (TPSA) is 53.0 Å². The van der Waals surface area contributed by atoms with Crippen LogP contribution in [0.15, 0.2) is 42.5 Å². The highest BCUT2D eigenvalue weighted by molar-refractivity contribution is 5.92. The molecule has 2 aromatic rings. The molecular weight excluding hydrogens is 505 g/mol. The Balaban J connectivity index is 1.18. The monoisotopic (exact) mass is 538 g/mol. The van der Waals surface area contributed by atoms with Crippen LogP contribution in [0.25, 0.3) is 6.08 Å². The van der Waals surface area contributed by atoms with Crippen molar-refractivity contribution >= 4 is 12.0 Å². The number of nitrogens with zero attached hydrogens (tertiary/aromatic N) is 2. The number of hydrogen-bond acceptors (Lipinski definition) is 4. The third kappa shape index (κ3) is 3.89. The number of benzene rings is 2. The molecule has 39 heavy (non-hydrogen) atoms. The van der Waals surface area contributed by atoms with Crippen molar-refractivity contribution in [3.63, 3.8) is 0 Å². The van der Waals surface area contributed by atoms with E-state index in [1.165, 1.54) is 36.6 Å². The molecule has 1 spiro atoms. The number of phenolic OH excluding ortho intramolecular Hbond substituents is 1. The Labute approximate surface area is 226 Å². The summed E-state index contributed by atoms with van der Waals surface area (Å²) < 4.78 is 46.0. The first-order chi connectivity index (χ1) is 18.7. The van der Waals surface area contributed by atoms with Crippen molar-refractivity contribution in [2.45, 2.75) is 68.3 Å². The number of piperidine rings is 1. The Morgan fingerprint density at radius 2 is 2.03 bits per heavy atom. The highest BCUT2D eigenvalue weighted by atomic mass is 19.4. The van der Waals surface area contributed by atoms with E-state index >= 15 is 0 Å². The molecule has 2 bridgehead atoms. The summed E-state index contributed by atoms with van der Waals surface area (Å²) in [5.74, 6) is 1.70. The Bertz CT molecular complexity index is 1350. The number of carbonyl (C=O) groups excluding carboxylic acids is 1. The molecule has 5 aliphatic rings. The van der Waals surface area contributed by atoms with Crippen LogP contribution in [0.2, 0.25) is 0 Å². The minimum Gasteiger partial charge on any atom is -0.504 e. The second-order valence-corrected chi connectivity index (χ2v) is 12.1. The number of amides is 1. The van der Waals surface area contributed by atoms with E-state index in [-0.39, 0.29) is 29.2 Å². The second-order valence-electron chi connectivity index (χ2n) is 12.1. The van der Waals surface area contributed by atoms with Gasteiger partial charge in [0.05, 0.1) is 11.6 Å². The van der Waals surface area contributed by atoms with Gasteiger partial charge in [0.1, 0.15) is 6.10 Å². The smallest absolute Gasteiger partial charge is 0.416 e. The molecule has 5 nitrogen and oxygen atoms in total. The molecule has 2 heterocycles. The summed E-state index contributed by atoms with van der Waals surface area (Å²) in [6, 6.07) is 9.01. The van der Waals surface area contributed by atoms with Crippen LogP contribution in [-0.4, -0.2) is 59.1 Å². The van der Waals surface area contributed by atoms with Crippen LogP contribution < -0.4 is 4.74 Å². The lowest BCUT2D eigenvalue weighted by atomic mass is 9.51. The molecule has 1 saturated heterocycles. The van der Waals surface area contributed by atoms with Crippen molar-refractivity contribution in [2.24, 2.45) is 11.8 Å². The SMILES string of the molecule is CN(C(=O)C=Cc1cccc(C(F)(F)F)c1)[C@H]1CC[C@H]2[C@H]3Cc4ccc(O)c5c4[C@@]2(CCN3CC2CC2)[C@H]1O5. The number of hydrogen-bond donors (Lipinski definition) is 1. The fourth-order valence-corrected chi connectivity index (χ4v) is 8.12. The number of carbonyl (C=O) groups is 1. The second kappa shape index (κ2) is 8.75. The molecule has 206 valence electrons. The molecule has 3 aliphatic carbocycles. The third-order valence-electron chi connectivity index (χ3n) is 10.1. The average molecular weight is 539 g/mol. The largest absolute Gasteiger partial charge is 0.504 e. The minimum absolute atomic E-state index is 0.160. The van der Waals surface area contributed by atoms with E-state index in [0.29, 0.717) is 23.3 Å². The van der Waals surface area contributed by atoms with Gasteiger partial charge in [0.25, 0.3) is 0 Å². The quantitative estimate of drug-likeness (QED) is 0.518. The van der Waals surface area contributed by atoms with Crippen LogP contribution in [0.5, 0.6) is 11.5 Å². The first kappa shape index (κ1) is 25.0. The van der Waals surface area contributed by atoms with Gasteiger partial charge in [0.2, 0.25) is 5.91 Å². The van der Waals surface area contributed by atoms with Crippen molar-refractivity contribution in [3.8, 4) is 11.5 Å². The fraction of sp³-hybridized carbons (Fsp3) is 0.516. The van der Waals surface area contributed by atoms with Crippen LogP contribution >= 0.6 is 0 Å². The van der Waals surface area contributed by atoms with E-state index in [4.69, 9.17) is 4.74 Å². The minimum atomic E-state index is -4.44. The number of rotatable bonds is 5. The van der Waals surface area contributed by atoms with Gasteiger partial charge in [-0.1, -0.05) is 18.2 Å². The van der Waals surface area contributed by atoms with Gasteiger partial charge in [-0.15, -0.1) is 0 Å². The van der Waals surface area contributed by atoms with Crippen molar-refractivity contribution in [2.75, 3.05) is 20.1 Å². The molecule has 3 fully saturated rings. The van der Waals surface area contributed by atoms with Gasteiger partial charge < -0.3 is 14.7 Å². The standard InChI is InChI=1S/C31H33F3N2O3/c1-35(26(38)12-7-18-3-2-4-21(15-18)31(32,33)34)23-10-9-22-24-16-20-8-11-25(37)28-27(20)30(22,29(23)39-28)13-14-36(24)17-19-5-6-19/h2-4,7-8,11-12,15,19,22-24,29,37H,5-6,9-10,13-14,16-17H2,1H3/t22-,23-,24+,29-,30-/m0/s1. The van der Waals surface area contributed by atoms with E-state index < -0.39 is 11.7 Å². The van der Waals surface area contributed by atoms with E-state index in [1.54, 1.807) is 24.1 Å². The highest BCUT2D eigenvalue weighted by Crippen LogP contribution is 2.64. The maximum Gasteiger partial charge on any atom is 0.416 e. The Morgan fingerprint density at radius 3 is 2.79 bits per heavy atom. The highest BCUT2D eigenvalue weighted by Gasteiger charge is 2.66. The number of likely N-dealkylation sites (tertiary alicyclic amines) is 1. The van der Waals surface area contributed by atoms with Gasteiger partial charge in [-0.25, -0.2) is 0 Å². The van der Waals surface area contributed by atoms with Gasteiger partial charge in [-0.05, 0) is 92.3 Å². The summed E-state index contributed by atoms with van der Waals surface area (Å²) >= 11 is 0. The Hall–Kier alpha value is -3.00. The van der Waals surface area contributed by atoms with Gasteiger partial charge in [-0.3, -0.25) is 9.69 Å². The molecule has 0 unspecified atom stereocenters. The molecule has 7 rings (SSSR count). The van der Waals surface area contributed by atoms with Crippen molar-refractivity contribution in [1.82, 2.24) is 9.80 Å². The van der Waals surface area contributed by atoms with E-state index in [9.17, 15) is 23.1 Å². The van der Waals surface area contributed by atoms with Gasteiger partial charge >= 0.3 is 6.18 Å². The zero-order chi connectivity index (χ0) is 27.1. The van der Waals surface area contributed by atoms with Crippen LogP contribution in [0.1, 0.15) is 54.4 Å². The molecule has 8 heteroatoms. The molecular formula is C31H33F3N2O3. The summed E-state index contributed by atoms with van der Waals surface area (Å²) in [5.41, 5.74) is 1.76. The molecule has 1 N–H and O–H groups in total. The number of ether oxygens (including phenoxy) is 1. The Kier molecular flexibility index (Phi) is 5.61. The lowest BCUT2D eigenvalue weighted by molar-refractivity contribution is -0.137. The van der Waals surface area contributed by atoms with Crippen molar-refractivity contribution in [1.29, 1.82) is 0 Å². The summed E-state index contributed by atoms with van der Waals surface area (Å²) in [5, 5.41) is 10.8. The maximum atomic E-state index is 13.3. The number of likely N-dealkylation sites (N-methyl/N-ethyl adjacent to an activating group) is 1. The molecule has 2 aromatic carbocycles. The molecule has 2 aliphatic heterocycles. The van der Waals surface area contributed by atoms with Crippen LogP contribution in [0, 0.1) is 11.8 Å². The third-order valence-corrected chi connectivity index (χ3v) is 10.1. The average Bonchev–Trinajstić information content (AvgIpc) is 3.67. The summed E-state index contributed by atoms with van der Waals surface area (Å²) in [6.07, 6.45) is 4.41. The van der Waals surface area contributed by atoms with Gasteiger partial charge in [0, 0.05) is 36.7 Å². The predicted octanol–water partition coefficient (Wildman–Crippen LogP) is 5.40. The lowest BCUT2D eigenvalue weighted by Gasteiger charge is -2.60.